The molecule has 114 valence electrons. The fourth-order valence-corrected chi connectivity index (χ4v) is 3.05. The Hall–Kier alpha value is -2.31. The summed E-state index contributed by atoms with van der Waals surface area (Å²) in [4.78, 5) is 0. The predicted molar refractivity (Wildman–Crippen MR) is 99.7 cm³/mol. The Kier molecular flexibility index (Phi) is 4.95. The van der Waals surface area contributed by atoms with E-state index in [4.69, 9.17) is 11.6 Å². The quantitative estimate of drug-likeness (QED) is 0.521. The van der Waals surface area contributed by atoms with Gasteiger partial charge < -0.3 is 0 Å². The summed E-state index contributed by atoms with van der Waals surface area (Å²) >= 11 is 6.61. The molecule has 1 atom stereocenters. The van der Waals surface area contributed by atoms with Gasteiger partial charge in [0.1, 0.15) is 0 Å². The molecule has 0 N–H and O–H groups in total. The van der Waals surface area contributed by atoms with E-state index in [2.05, 4.69) is 61.5 Å². The van der Waals surface area contributed by atoms with Crippen LogP contribution in [-0.4, -0.2) is 0 Å². The summed E-state index contributed by atoms with van der Waals surface area (Å²) in [6.45, 7) is 2.15. The Morgan fingerprint density at radius 1 is 0.783 bits per heavy atom. The zero-order valence-electron chi connectivity index (χ0n) is 13.1. The van der Waals surface area contributed by atoms with Crippen LogP contribution in [0.25, 0.3) is 5.03 Å². The van der Waals surface area contributed by atoms with Gasteiger partial charge >= 0.3 is 0 Å². The summed E-state index contributed by atoms with van der Waals surface area (Å²) in [7, 11) is 0. The van der Waals surface area contributed by atoms with E-state index in [-0.39, 0.29) is 5.92 Å². The molecule has 0 aliphatic heterocycles. The molecule has 0 spiro atoms. The van der Waals surface area contributed by atoms with Crippen LogP contribution in [0.3, 0.4) is 0 Å². The van der Waals surface area contributed by atoms with Crippen molar-refractivity contribution in [3.63, 3.8) is 0 Å². The molecule has 3 rings (SSSR count). The minimum absolute atomic E-state index is 0.144. The van der Waals surface area contributed by atoms with Gasteiger partial charge in [0.25, 0.3) is 0 Å². The number of allylic oxidation sites excluding steroid dienone is 1. The normalized spacial score (nSPS) is 12.9. The van der Waals surface area contributed by atoms with E-state index in [9.17, 15) is 0 Å². The molecule has 0 saturated heterocycles. The first-order valence-corrected chi connectivity index (χ1v) is 8.17. The lowest BCUT2D eigenvalue weighted by molar-refractivity contribution is 1.01. The third-order valence-corrected chi connectivity index (χ3v) is 4.39. The molecule has 23 heavy (non-hydrogen) atoms. The van der Waals surface area contributed by atoms with E-state index in [1.54, 1.807) is 0 Å². The summed E-state index contributed by atoms with van der Waals surface area (Å²) in [6, 6.07) is 29.1. The van der Waals surface area contributed by atoms with Crippen molar-refractivity contribution >= 4 is 16.6 Å². The highest BCUT2D eigenvalue weighted by molar-refractivity contribution is 6.48. The van der Waals surface area contributed by atoms with Crippen molar-refractivity contribution < 1.29 is 0 Å². The van der Waals surface area contributed by atoms with Gasteiger partial charge in [-0.25, -0.2) is 0 Å². The molecule has 0 aliphatic carbocycles. The fraction of sp³-hybridized carbons (Fsp3) is 0.0909. The van der Waals surface area contributed by atoms with E-state index in [0.717, 1.165) is 10.6 Å². The number of hydrogen-bond acceptors (Lipinski definition) is 0. The molecule has 0 unspecified atom stereocenters. The van der Waals surface area contributed by atoms with Gasteiger partial charge in [-0.2, -0.15) is 0 Å². The van der Waals surface area contributed by atoms with Crippen molar-refractivity contribution in [2.75, 3.05) is 0 Å². The second-order valence-electron chi connectivity index (χ2n) is 5.63. The Labute approximate surface area is 143 Å². The summed E-state index contributed by atoms with van der Waals surface area (Å²) in [6.07, 6.45) is 2.15. The molecule has 0 fully saturated rings. The van der Waals surface area contributed by atoms with E-state index >= 15 is 0 Å². The van der Waals surface area contributed by atoms with Gasteiger partial charge in [-0.15, -0.1) is 0 Å². The third-order valence-electron chi connectivity index (χ3n) is 4.04. The van der Waals surface area contributed by atoms with Crippen LogP contribution in [0.15, 0.2) is 91.0 Å². The predicted octanol–water partition coefficient (Wildman–Crippen LogP) is 6.41. The summed E-state index contributed by atoms with van der Waals surface area (Å²) in [5.74, 6) is 0.144. The molecule has 0 bridgehead atoms. The van der Waals surface area contributed by atoms with E-state index in [1.807, 2.05) is 36.4 Å². The van der Waals surface area contributed by atoms with Crippen molar-refractivity contribution in [3.8, 4) is 0 Å². The highest BCUT2D eigenvalue weighted by atomic mass is 35.5. The monoisotopic (exact) mass is 318 g/mol. The Bertz CT molecular complexity index is 788. The van der Waals surface area contributed by atoms with Gasteiger partial charge in [0.2, 0.25) is 0 Å². The summed E-state index contributed by atoms with van der Waals surface area (Å²) in [5, 5.41) is 0.780. The average molecular weight is 319 g/mol. The molecule has 0 aromatic heterocycles. The van der Waals surface area contributed by atoms with Crippen molar-refractivity contribution in [1.29, 1.82) is 0 Å². The maximum atomic E-state index is 6.61. The maximum absolute atomic E-state index is 6.61. The molecule has 0 radical (unpaired) electrons. The number of halogens is 1. The maximum Gasteiger partial charge on any atom is 0.0448 e. The van der Waals surface area contributed by atoms with Crippen LogP contribution in [0.4, 0.5) is 0 Å². The number of aryl methyl sites for hydroxylation is 1. The first-order chi connectivity index (χ1) is 11.3. The highest BCUT2D eigenvalue weighted by Crippen LogP contribution is 2.32. The van der Waals surface area contributed by atoms with Crippen LogP contribution in [0.2, 0.25) is 0 Å². The molecule has 0 heterocycles. The lowest BCUT2D eigenvalue weighted by Crippen LogP contribution is -2.00. The number of benzene rings is 3. The first kappa shape index (κ1) is 15.6. The lowest BCUT2D eigenvalue weighted by atomic mass is 9.88. The third kappa shape index (κ3) is 3.72. The van der Waals surface area contributed by atoms with Crippen LogP contribution in [-0.2, 0) is 0 Å². The van der Waals surface area contributed by atoms with Gasteiger partial charge in [-0.05, 0) is 29.2 Å². The number of rotatable bonds is 4. The van der Waals surface area contributed by atoms with Crippen LogP contribution < -0.4 is 0 Å². The molecule has 0 saturated carbocycles. The SMILES string of the molecule is Cc1ccccc1[C@@H](/C=C(/Cl)c1ccccc1)c1ccccc1. The second kappa shape index (κ2) is 7.30. The number of hydrogen-bond donors (Lipinski definition) is 0. The molecule has 0 nitrogen and oxygen atoms in total. The van der Waals surface area contributed by atoms with Gasteiger partial charge in [-0.3, -0.25) is 0 Å². The van der Waals surface area contributed by atoms with Gasteiger partial charge in [-0.1, -0.05) is 103 Å². The second-order valence-corrected chi connectivity index (χ2v) is 6.03. The smallest absolute Gasteiger partial charge is 0.0448 e. The van der Waals surface area contributed by atoms with Gasteiger partial charge in [0.15, 0.2) is 0 Å². The van der Waals surface area contributed by atoms with Crippen LogP contribution >= 0.6 is 11.6 Å². The van der Waals surface area contributed by atoms with E-state index in [0.29, 0.717) is 0 Å². The lowest BCUT2D eigenvalue weighted by Gasteiger charge is -2.17. The molecule has 3 aromatic rings. The summed E-state index contributed by atoms with van der Waals surface area (Å²) in [5.41, 5.74) is 4.85. The molecule has 0 aliphatic rings. The van der Waals surface area contributed by atoms with Crippen molar-refractivity contribution in [3.05, 3.63) is 113 Å². The molecular formula is C22H19Cl. The molecule has 1 heteroatoms. The molecular weight excluding hydrogens is 300 g/mol. The van der Waals surface area contributed by atoms with Crippen LogP contribution in [0, 0.1) is 6.92 Å². The van der Waals surface area contributed by atoms with Crippen molar-refractivity contribution in [2.45, 2.75) is 12.8 Å². The minimum atomic E-state index is 0.144. The molecule has 0 amide bonds. The Morgan fingerprint density at radius 3 is 2.00 bits per heavy atom. The van der Waals surface area contributed by atoms with Crippen LogP contribution in [0.1, 0.15) is 28.2 Å². The Morgan fingerprint density at radius 2 is 1.35 bits per heavy atom. The van der Waals surface area contributed by atoms with Crippen molar-refractivity contribution in [1.82, 2.24) is 0 Å². The zero-order chi connectivity index (χ0) is 16.1. The minimum Gasteiger partial charge on any atom is -0.0840 e. The van der Waals surface area contributed by atoms with Crippen LogP contribution in [0.5, 0.6) is 0 Å². The zero-order valence-corrected chi connectivity index (χ0v) is 13.9. The topological polar surface area (TPSA) is 0 Å². The Balaban J connectivity index is 2.08. The molecule has 3 aromatic carbocycles. The van der Waals surface area contributed by atoms with Gasteiger partial charge in [0, 0.05) is 11.0 Å². The van der Waals surface area contributed by atoms with E-state index in [1.165, 1.54) is 16.7 Å². The van der Waals surface area contributed by atoms with Gasteiger partial charge in [0.05, 0.1) is 0 Å². The van der Waals surface area contributed by atoms with Crippen molar-refractivity contribution in [2.24, 2.45) is 0 Å². The highest BCUT2D eigenvalue weighted by Gasteiger charge is 2.14. The first-order valence-electron chi connectivity index (χ1n) is 7.79. The van der Waals surface area contributed by atoms with E-state index < -0.39 is 0 Å². The largest absolute Gasteiger partial charge is 0.0840 e. The standard InChI is InChI=1S/C22H19Cl/c1-17-10-8-9-15-20(17)21(18-11-4-2-5-12-18)16-22(23)19-13-6-3-7-14-19/h2-16,21H,1H3/b22-16+/t21-/m0/s1. The average Bonchev–Trinajstić information content (AvgIpc) is 2.62. The fourth-order valence-electron chi connectivity index (χ4n) is 2.80. The summed E-state index contributed by atoms with van der Waals surface area (Å²) < 4.78 is 0.